The van der Waals surface area contributed by atoms with Crippen molar-refractivity contribution in [2.24, 2.45) is 0 Å². The van der Waals surface area contributed by atoms with E-state index in [0.717, 1.165) is 0 Å². The van der Waals surface area contributed by atoms with Crippen molar-refractivity contribution in [3.8, 4) is 0 Å². The highest BCUT2D eigenvalue weighted by molar-refractivity contribution is 5.67. The second kappa shape index (κ2) is 13.2. The third-order valence-corrected chi connectivity index (χ3v) is 6.91. The van der Waals surface area contributed by atoms with E-state index in [1.807, 2.05) is 0 Å². The predicted octanol–water partition coefficient (Wildman–Crippen LogP) is 8.72. The number of aliphatic hydroxyl groups excluding tert-OH is 1. The minimum atomic E-state index is -9.99. The van der Waals surface area contributed by atoms with E-state index >= 15 is 0 Å². The number of aliphatic carboxylic acids is 1. The Morgan fingerprint density at radius 2 is 0.630 bits per heavy atom. The van der Waals surface area contributed by atoms with Crippen LogP contribution >= 0.6 is 0 Å². The number of carboxylic acids is 1. The molecule has 1 unspecified atom stereocenters. The molecule has 0 aliphatic heterocycles. The third-order valence-electron chi connectivity index (χ3n) is 6.91. The molecule has 54 heavy (non-hydrogen) atoms. The number of rotatable bonds is 18. The Hall–Kier alpha value is -2.64. The second-order valence-electron chi connectivity index (χ2n) is 11.6. The van der Waals surface area contributed by atoms with E-state index in [2.05, 4.69) is 0 Å². The number of hydrogen-bond acceptors (Lipinski definition) is 2. The van der Waals surface area contributed by atoms with Crippen LogP contribution in [-0.2, 0) is 4.79 Å². The summed E-state index contributed by atoms with van der Waals surface area (Å²) in [6, 6.07) is 0. The van der Waals surface area contributed by atoms with Gasteiger partial charge in [-0.3, -0.25) is 0 Å². The lowest BCUT2D eigenvalue weighted by Crippen LogP contribution is -2.79. The lowest BCUT2D eigenvalue weighted by molar-refractivity contribution is -0.886. The van der Waals surface area contributed by atoms with Crippen molar-refractivity contribution in [3.63, 3.8) is 0 Å². The smallest absolute Gasteiger partial charge is 0.460 e. The molecule has 0 aromatic carbocycles. The van der Waals surface area contributed by atoms with E-state index in [1.54, 1.807) is 0 Å². The normalized spacial score (nSPS) is 17.2. The Balaban J connectivity index is 7.38. The maximum Gasteiger partial charge on any atom is 0.460 e. The van der Waals surface area contributed by atoms with Crippen LogP contribution in [0.25, 0.3) is 0 Å². The lowest BCUT2D eigenvalue weighted by atomic mass is 9.83. The SMILES string of the molecule is C[N+](C)(CC(=O)O)CC(O)CC(F)(F)C(F)(F)C(F)(F)C(F)(F)C(F)(F)C(F)(F)C(F)(F)C(F)(F)C(F)(F)C(F)(F)C(F)(F)C(F)(F)C(F)(F)C(F)(F)F. The van der Waals surface area contributed by atoms with Crippen molar-refractivity contribution in [1.82, 2.24) is 0 Å². The van der Waals surface area contributed by atoms with Gasteiger partial charge >= 0.3 is 89.1 Å². The van der Waals surface area contributed by atoms with E-state index in [9.17, 15) is 137 Å². The van der Waals surface area contributed by atoms with Gasteiger partial charge in [0.25, 0.3) is 0 Å². The first-order chi connectivity index (χ1) is 22.8. The zero-order valence-corrected chi connectivity index (χ0v) is 24.9. The first-order valence-electron chi connectivity index (χ1n) is 12.5. The van der Waals surface area contributed by atoms with Gasteiger partial charge in [-0.25, -0.2) is 4.79 Å². The molecule has 0 rings (SSSR count). The summed E-state index contributed by atoms with van der Waals surface area (Å²) < 4.78 is 393. The number of aliphatic hydroxyl groups is 1. The van der Waals surface area contributed by atoms with Crippen LogP contribution < -0.4 is 0 Å². The molecule has 0 spiro atoms. The van der Waals surface area contributed by atoms with Crippen molar-refractivity contribution >= 4 is 5.97 Å². The van der Waals surface area contributed by atoms with Gasteiger partial charge in [0.1, 0.15) is 12.6 Å². The van der Waals surface area contributed by atoms with Crippen LogP contribution in [0.15, 0.2) is 0 Å². The molecular weight excluding hydrogens is 865 g/mol. The number of halogens is 29. The summed E-state index contributed by atoms with van der Waals surface area (Å²) in [4.78, 5) is 10.7. The molecule has 324 valence electrons. The van der Waals surface area contributed by atoms with Crippen LogP contribution in [0.3, 0.4) is 0 Å². The van der Waals surface area contributed by atoms with Gasteiger partial charge in [0, 0.05) is 6.42 Å². The van der Waals surface area contributed by atoms with E-state index in [1.165, 1.54) is 0 Å². The summed E-state index contributed by atoms with van der Waals surface area (Å²) in [6.45, 7) is -2.90. The van der Waals surface area contributed by atoms with E-state index in [4.69, 9.17) is 5.11 Å². The van der Waals surface area contributed by atoms with Gasteiger partial charge in [-0.05, 0) is 0 Å². The van der Waals surface area contributed by atoms with Crippen molar-refractivity contribution < 1.29 is 147 Å². The number of carbonyl (C=O) groups is 1. The van der Waals surface area contributed by atoms with Gasteiger partial charge in [-0.1, -0.05) is 0 Å². The average Bonchev–Trinajstić information content (AvgIpc) is 2.89. The Kier molecular flexibility index (Phi) is 12.6. The molecule has 0 saturated heterocycles. The van der Waals surface area contributed by atoms with Crippen LogP contribution in [0.4, 0.5) is 127 Å². The van der Waals surface area contributed by atoms with E-state index < -0.39 is 119 Å². The summed E-state index contributed by atoms with van der Waals surface area (Å²) >= 11 is 0. The van der Waals surface area contributed by atoms with Gasteiger partial charge in [-0.2, -0.15) is 127 Å². The van der Waals surface area contributed by atoms with Gasteiger partial charge < -0.3 is 14.7 Å². The summed E-state index contributed by atoms with van der Waals surface area (Å²) in [5.74, 6) is -123. The molecule has 0 aromatic rings. The topological polar surface area (TPSA) is 57.5 Å². The summed E-state index contributed by atoms with van der Waals surface area (Å²) in [5.41, 5.74) is 0. The molecule has 0 aliphatic rings. The summed E-state index contributed by atoms with van der Waals surface area (Å²) in [6.07, 6.45) is -15.1. The molecule has 2 N–H and O–H groups in total. The Morgan fingerprint density at radius 1 is 0.426 bits per heavy atom. The van der Waals surface area contributed by atoms with Gasteiger partial charge in [0.05, 0.1) is 14.1 Å². The van der Waals surface area contributed by atoms with Gasteiger partial charge in [0.2, 0.25) is 0 Å². The average molecular weight is 880 g/mol. The summed E-state index contributed by atoms with van der Waals surface area (Å²) in [7, 11) is 1.25. The molecule has 0 heterocycles. The Labute approximate surface area is 277 Å². The van der Waals surface area contributed by atoms with Crippen LogP contribution in [0.2, 0.25) is 0 Å². The third kappa shape index (κ3) is 6.90. The predicted molar refractivity (Wildman–Crippen MR) is 110 cm³/mol. The molecule has 1 atom stereocenters. The lowest BCUT2D eigenvalue weighted by Gasteiger charge is -2.46. The maximum atomic E-state index is 14.1. The number of likely N-dealkylation sites (N-methyl/N-ethyl adjacent to an activating group) is 1. The van der Waals surface area contributed by atoms with Crippen molar-refractivity contribution in [3.05, 3.63) is 0 Å². The summed E-state index contributed by atoms with van der Waals surface area (Å²) in [5, 5.41) is 18.0. The highest BCUT2D eigenvalue weighted by atomic mass is 19.4. The zero-order chi connectivity index (χ0) is 44.8. The molecule has 33 heteroatoms. The Bertz CT molecular complexity index is 1360. The maximum absolute atomic E-state index is 14.1. The highest BCUT2D eigenvalue weighted by Gasteiger charge is 3.00. The Morgan fingerprint density at radius 3 is 0.833 bits per heavy atom. The highest BCUT2D eigenvalue weighted by Crippen LogP contribution is 2.69. The fraction of sp³-hybridized carbons (Fsp3) is 0.952. The molecular formula is C21H15F29NO3+. The quantitative estimate of drug-likeness (QED) is 0.107. The van der Waals surface area contributed by atoms with Crippen molar-refractivity contribution in [2.75, 3.05) is 27.2 Å². The molecule has 0 radical (unpaired) electrons. The molecule has 4 nitrogen and oxygen atoms in total. The van der Waals surface area contributed by atoms with Crippen molar-refractivity contribution in [1.29, 1.82) is 0 Å². The molecule has 0 amide bonds. The zero-order valence-electron chi connectivity index (χ0n) is 24.9. The fourth-order valence-corrected chi connectivity index (χ4v) is 3.87. The minimum absolute atomic E-state index is 0.624. The number of carboxylic acid groups (broad SMARTS) is 1. The van der Waals surface area contributed by atoms with E-state index in [-0.39, 0.29) is 0 Å². The fourth-order valence-electron chi connectivity index (χ4n) is 3.87. The standard InChI is InChI=1S/C21H14F29NO3/c1-51(2,5-7(53)54)4-6(52)3-8(22,23)9(24,25)10(26,27)11(28,29)12(30,31)13(32,33)14(34,35)15(36,37)16(38,39)17(40,41)18(42,43)19(44,45)20(46,47)21(48,49)50/h6,52H,3-5H2,1-2H3/p+1. The minimum Gasteiger partial charge on any atom is -0.477 e. The second-order valence-corrected chi connectivity index (χ2v) is 11.6. The molecule has 0 aliphatic carbocycles. The van der Waals surface area contributed by atoms with E-state index in [0.29, 0.717) is 14.1 Å². The van der Waals surface area contributed by atoms with Crippen LogP contribution in [0.5, 0.6) is 0 Å². The van der Waals surface area contributed by atoms with Crippen LogP contribution in [0.1, 0.15) is 6.42 Å². The molecule has 0 aromatic heterocycles. The van der Waals surface area contributed by atoms with Crippen LogP contribution in [0, 0.1) is 0 Å². The molecule has 0 bridgehead atoms. The first-order valence-corrected chi connectivity index (χ1v) is 12.5. The number of hydrogen-bond donors (Lipinski definition) is 2. The van der Waals surface area contributed by atoms with Crippen molar-refractivity contribution in [2.45, 2.75) is 95.7 Å². The number of nitrogens with zero attached hydrogens (tertiary/aromatic N) is 1. The number of alkyl halides is 29. The largest absolute Gasteiger partial charge is 0.477 e. The van der Waals surface area contributed by atoms with Gasteiger partial charge in [0.15, 0.2) is 6.54 Å². The first kappa shape index (κ1) is 51.4. The monoisotopic (exact) mass is 880 g/mol. The molecule has 0 fully saturated rings. The van der Waals surface area contributed by atoms with Gasteiger partial charge in [-0.15, -0.1) is 0 Å². The van der Waals surface area contributed by atoms with Crippen LogP contribution in [-0.4, -0.2) is 137 Å². The molecule has 0 saturated carbocycles. The number of quaternary nitrogens is 1.